The lowest BCUT2D eigenvalue weighted by atomic mass is 10.1. The number of esters is 1. The predicted molar refractivity (Wildman–Crippen MR) is 121 cm³/mol. The SMILES string of the molecule is C=C(C)C(=O)OC[C@H]1O[C@@H](n2cc(F)c(=O)n(Cc3ccc(OC)cc3)c2=O)[C@@H]2OC(C)(C)O[C@@H]21. The fourth-order valence-corrected chi connectivity index (χ4v) is 4.12. The Balaban J connectivity index is 1.67. The van der Waals surface area contributed by atoms with Gasteiger partial charge >= 0.3 is 11.7 Å². The fraction of sp³-hybridized carbons (Fsp3) is 0.458. The number of nitrogens with zero attached hydrogens (tertiary/aromatic N) is 2. The molecule has 2 aromatic rings. The molecule has 2 saturated heterocycles. The van der Waals surface area contributed by atoms with Crippen LogP contribution in [-0.4, -0.2) is 52.9 Å². The summed E-state index contributed by atoms with van der Waals surface area (Å²) in [5.41, 5.74) is -1.04. The Morgan fingerprint density at radius 2 is 1.83 bits per heavy atom. The van der Waals surface area contributed by atoms with Crippen molar-refractivity contribution in [1.29, 1.82) is 0 Å². The Morgan fingerprint density at radius 3 is 2.46 bits per heavy atom. The van der Waals surface area contributed by atoms with E-state index in [1.54, 1.807) is 38.1 Å². The molecule has 0 amide bonds. The van der Waals surface area contributed by atoms with Gasteiger partial charge in [0.2, 0.25) is 5.82 Å². The highest BCUT2D eigenvalue weighted by Crippen LogP contribution is 2.42. The third-order valence-electron chi connectivity index (χ3n) is 5.78. The molecule has 188 valence electrons. The van der Waals surface area contributed by atoms with E-state index in [9.17, 15) is 18.8 Å². The van der Waals surface area contributed by atoms with Crippen molar-refractivity contribution in [3.05, 3.63) is 74.8 Å². The quantitative estimate of drug-likeness (QED) is 0.427. The third-order valence-corrected chi connectivity index (χ3v) is 5.78. The number of hydrogen-bond acceptors (Lipinski definition) is 8. The molecule has 1 aromatic carbocycles. The van der Waals surface area contributed by atoms with E-state index in [1.165, 1.54) is 14.0 Å². The van der Waals surface area contributed by atoms with Crippen LogP contribution < -0.4 is 16.0 Å². The van der Waals surface area contributed by atoms with Crippen LogP contribution in [0.4, 0.5) is 4.39 Å². The minimum atomic E-state index is -1.13. The van der Waals surface area contributed by atoms with Gasteiger partial charge < -0.3 is 23.7 Å². The maximum absolute atomic E-state index is 14.7. The van der Waals surface area contributed by atoms with Crippen molar-refractivity contribution in [1.82, 2.24) is 9.13 Å². The van der Waals surface area contributed by atoms with Crippen molar-refractivity contribution >= 4 is 5.97 Å². The van der Waals surface area contributed by atoms with Crippen LogP contribution in [0.3, 0.4) is 0 Å². The van der Waals surface area contributed by atoms with Crippen molar-refractivity contribution in [2.75, 3.05) is 13.7 Å². The summed E-state index contributed by atoms with van der Waals surface area (Å²) in [5.74, 6) is -2.16. The first-order chi connectivity index (χ1) is 16.5. The Bertz CT molecular complexity index is 1250. The zero-order valence-electron chi connectivity index (χ0n) is 19.9. The average Bonchev–Trinajstić information content (AvgIpc) is 3.30. The van der Waals surface area contributed by atoms with Crippen LogP contribution >= 0.6 is 0 Å². The molecule has 0 aliphatic carbocycles. The number of hydrogen-bond donors (Lipinski definition) is 0. The van der Waals surface area contributed by atoms with Crippen molar-refractivity contribution < 1.29 is 32.9 Å². The molecule has 0 N–H and O–H groups in total. The smallest absolute Gasteiger partial charge is 0.333 e. The second-order valence-electron chi connectivity index (χ2n) is 8.91. The summed E-state index contributed by atoms with van der Waals surface area (Å²) in [6.07, 6.45) is -2.65. The van der Waals surface area contributed by atoms with E-state index in [1.807, 2.05) is 0 Å². The summed E-state index contributed by atoms with van der Waals surface area (Å²) in [7, 11) is 1.52. The Hall–Kier alpha value is -3.28. The number of benzene rings is 1. The predicted octanol–water partition coefficient (Wildman–Crippen LogP) is 1.74. The molecule has 35 heavy (non-hydrogen) atoms. The summed E-state index contributed by atoms with van der Waals surface area (Å²) < 4.78 is 44.6. The molecule has 4 atom stereocenters. The maximum Gasteiger partial charge on any atom is 0.333 e. The zero-order chi connectivity index (χ0) is 25.5. The third kappa shape index (κ3) is 4.93. The van der Waals surface area contributed by atoms with Crippen molar-refractivity contribution in [2.45, 2.75) is 57.6 Å². The van der Waals surface area contributed by atoms with Crippen LogP contribution in [0.2, 0.25) is 0 Å². The summed E-state index contributed by atoms with van der Waals surface area (Å²) in [4.78, 5) is 37.7. The van der Waals surface area contributed by atoms with Gasteiger partial charge in [0.25, 0.3) is 5.56 Å². The van der Waals surface area contributed by atoms with E-state index in [0.29, 0.717) is 11.3 Å². The number of rotatable bonds is 7. The minimum absolute atomic E-state index is 0.164. The highest BCUT2D eigenvalue weighted by molar-refractivity contribution is 5.86. The molecule has 0 radical (unpaired) electrons. The van der Waals surface area contributed by atoms with Crippen molar-refractivity contribution in [3.63, 3.8) is 0 Å². The number of aromatic nitrogens is 2. The number of fused-ring (bicyclic) bond motifs is 1. The molecule has 0 spiro atoms. The number of ether oxygens (including phenoxy) is 5. The molecular weight excluding hydrogens is 463 g/mol. The van der Waals surface area contributed by atoms with Gasteiger partial charge in [-0.25, -0.2) is 9.59 Å². The molecule has 0 unspecified atom stereocenters. The number of methoxy groups -OCH3 is 1. The molecule has 4 rings (SSSR count). The van der Waals surface area contributed by atoms with Gasteiger partial charge in [0.05, 0.1) is 19.9 Å². The van der Waals surface area contributed by atoms with E-state index >= 15 is 0 Å². The topological polar surface area (TPSA) is 107 Å². The number of halogens is 1. The largest absolute Gasteiger partial charge is 0.497 e. The van der Waals surface area contributed by atoms with E-state index in [-0.39, 0.29) is 18.7 Å². The standard InChI is InChI=1S/C24H27FN2O8/c1-13(2)22(29)32-12-17-18-19(35-24(3,4)34-18)21(33-17)27-11-16(25)20(28)26(23(27)30)10-14-6-8-15(31-5)9-7-14/h6-9,11,17-19,21H,1,10,12H2,2-5H3/t17-,18-,19-,21-/m1/s1. The molecular formula is C24H27FN2O8. The summed E-state index contributed by atoms with van der Waals surface area (Å²) in [6.45, 7) is 8.07. The van der Waals surface area contributed by atoms with E-state index < -0.39 is 53.4 Å². The van der Waals surface area contributed by atoms with Gasteiger partial charge in [-0.3, -0.25) is 13.9 Å². The first kappa shape index (κ1) is 24.8. The van der Waals surface area contributed by atoms with Crippen LogP contribution in [0.5, 0.6) is 5.75 Å². The summed E-state index contributed by atoms with van der Waals surface area (Å²) >= 11 is 0. The Labute approximate surface area is 200 Å². The second-order valence-corrected chi connectivity index (χ2v) is 8.91. The van der Waals surface area contributed by atoms with Gasteiger partial charge in [-0.2, -0.15) is 4.39 Å². The first-order valence-electron chi connectivity index (χ1n) is 11.0. The van der Waals surface area contributed by atoms with Gasteiger partial charge in [0.1, 0.15) is 30.7 Å². The van der Waals surface area contributed by atoms with Crippen LogP contribution in [0.25, 0.3) is 0 Å². The Morgan fingerprint density at radius 1 is 1.17 bits per heavy atom. The van der Waals surface area contributed by atoms with Crippen LogP contribution in [0.15, 0.2) is 52.2 Å². The lowest BCUT2D eigenvalue weighted by Gasteiger charge is -2.25. The highest BCUT2D eigenvalue weighted by Gasteiger charge is 2.56. The molecule has 2 fully saturated rings. The van der Waals surface area contributed by atoms with E-state index in [2.05, 4.69) is 6.58 Å². The van der Waals surface area contributed by atoms with E-state index in [0.717, 1.165) is 15.3 Å². The lowest BCUT2D eigenvalue weighted by molar-refractivity contribution is -0.202. The second kappa shape index (κ2) is 9.40. The van der Waals surface area contributed by atoms with Crippen LogP contribution in [-0.2, 0) is 30.3 Å². The molecule has 10 nitrogen and oxygen atoms in total. The molecule has 1 aromatic heterocycles. The lowest BCUT2D eigenvalue weighted by Crippen LogP contribution is -2.44. The van der Waals surface area contributed by atoms with Gasteiger partial charge in [-0.15, -0.1) is 0 Å². The number of carbonyl (C=O) groups excluding carboxylic acids is 1. The van der Waals surface area contributed by atoms with Crippen molar-refractivity contribution in [2.24, 2.45) is 0 Å². The molecule has 3 heterocycles. The maximum atomic E-state index is 14.7. The van der Waals surface area contributed by atoms with E-state index in [4.69, 9.17) is 23.7 Å². The Kier molecular flexibility index (Phi) is 6.67. The molecule has 11 heteroatoms. The zero-order valence-corrected chi connectivity index (χ0v) is 19.9. The van der Waals surface area contributed by atoms with Crippen molar-refractivity contribution in [3.8, 4) is 5.75 Å². The fourth-order valence-electron chi connectivity index (χ4n) is 4.12. The molecule has 0 saturated carbocycles. The summed E-state index contributed by atoms with van der Waals surface area (Å²) in [5, 5.41) is 0. The highest BCUT2D eigenvalue weighted by atomic mass is 19.1. The molecule has 2 aliphatic rings. The molecule has 2 aliphatic heterocycles. The molecule has 0 bridgehead atoms. The monoisotopic (exact) mass is 490 g/mol. The van der Waals surface area contributed by atoms with Gasteiger partial charge in [-0.05, 0) is 38.5 Å². The number of carbonyl (C=O) groups is 1. The van der Waals surface area contributed by atoms with Gasteiger partial charge in [-0.1, -0.05) is 18.7 Å². The first-order valence-corrected chi connectivity index (χ1v) is 11.0. The van der Waals surface area contributed by atoms with Gasteiger partial charge in [0, 0.05) is 5.57 Å². The average molecular weight is 490 g/mol. The van der Waals surface area contributed by atoms with Crippen LogP contribution in [0, 0.1) is 5.82 Å². The van der Waals surface area contributed by atoms with Crippen LogP contribution in [0.1, 0.15) is 32.6 Å². The minimum Gasteiger partial charge on any atom is -0.497 e. The normalized spacial score (nSPS) is 24.7. The van der Waals surface area contributed by atoms with Gasteiger partial charge in [0.15, 0.2) is 12.0 Å². The summed E-state index contributed by atoms with van der Waals surface area (Å²) in [6, 6.07) is 6.69.